The number of carbonyl (C=O) groups excluding carboxylic acids is 8. The van der Waals surface area contributed by atoms with Crippen molar-refractivity contribution < 1.29 is 48.6 Å². The van der Waals surface area contributed by atoms with Crippen LogP contribution in [0.25, 0.3) is 0 Å². The van der Waals surface area contributed by atoms with E-state index in [1.165, 1.54) is 9.80 Å². The van der Waals surface area contributed by atoms with Gasteiger partial charge in [0.1, 0.15) is 35.7 Å². The van der Waals surface area contributed by atoms with Gasteiger partial charge in [0.05, 0.1) is 24.2 Å². The van der Waals surface area contributed by atoms with Crippen LogP contribution in [0.1, 0.15) is 169 Å². The number of aromatic hydroxyl groups is 2. The summed E-state index contributed by atoms with van der Waals surface area (Å²) in [4.78, 5) is 117. The zero-order valence-corrected chi connectivity index (χ0v) is 49.5. The van der Waals surface area contributed by atoms with Gasteiger partial charge in [0.25, 0.3) is 0 Å². The van der Waals surface area contributed by atoms with Crippen LogP contribution in [0.15, 0.2) is 60.7 Å². The van der Waals surface area contributed by atoms with Gasteiger partial charge in [-0.2, -0.15) is 0 Å². The molecule has 0 radical (unpaired) electrons. The van der Waals surface area contributed by atoms with Crippen molar-refractivity contribution in [1.82, 2.24) is 41.7 Å². The summed E-state index contributed by atoms with van der Waals surface area (Å²) in [6.45, 7) is 14.6. The Morgan fingerprint density at radius 1 is 0.580 bits per heavy atom. The fourth-order valence-corrected chi connectivity index (χ4v) is 11.6. The fourth-order valence-electron chi connectivity index (χ4n) is 11.6. The highest BCUT2D eigenvalue weighted by molar-refractivity contribution is 6.02. The second kappa shape index (κ2) is 28.3. The van der Waals surface area contributed by atoms with E-state index >= 15 is 0 Å². The van der Waals surface area contributed by atoms with E-state index in [2.05, 4.69) is 31.9 Å². The lowest BCUT2D eigenvalue weighted by molar-refractivity contribution is -0.144. The Morgan fingerprint density at radius 3 is 1.30 bits per heavy atom. The fraction of sp³-hybridized carbons (Fsp3) is 0.574. The van der Waals surface area contributed by atoms with Crippen LogP contribution >= 0.6 is 24.8 Å². The van der Waals surface area contributed by atoms with E-state index < -0.39 is 70.7 Å². The Balaban J connectivity index is 0.00000470. The smallest absolute Gasteiger partial charge is 0.246 e. The first kappa shape index (κ1) is 67.4. The van der Waals surface area contributed by atoms with Crippen molar-refractivity contribution in [2.75, 3.05) is 27.2 Å². The molecule has 0 bridgehead atoms. The maximum absolute atomic E-state index is 14.7. The van der Waals surface area contributed by atoms with Gasteiger partial charge in [-0.15, -0.1) is 24.8 Å². The van der Waals surface area contributed by atoms with Crippen LogP contribution in [0.2, 0.25) is 0 Å². The topological polar surface area (TPSA) is 256 Å². The van der Waals surface area contributed by atoms with Gasteiger partial charge in [0, 0.05) is 37.1 Å². The second-order valence-corrected chi connectivity index (χ2v) is 24.4. The Labute approximate surface area is 490 Å². The highest BCUT2D eigenvalue weighted by atomic mass is 35.5. The van der Waals surface area contributed by atoms with Crippen molar-refractivity contribution in [2.24, 2.45) is 22.7 Å². The van der Waals surface area contributed by atoms with E-state index in [1.807, 2.05) is 53.7 Å². The predicted molar refractivity (Wildman–Crippen MR) is 316 cm³/mol. The van der Waals surface area contributed by atoms with Crippen LogP contribution in [0.3, 0.4) is 0 Å². The number of likely N-dealkylation sites (N-methyl/N-ethyl adjacent to an activating group) is 2. The second-order valence-electron chi connectivity index (χ2n) is 24.4. The number of likely N-dealkylation sites (tertiary alicyclic amines) is 2. The van der Waals surface area contributed by atoms with Gasteiger partial charge in [-0.05, 0) is 155 Å². The Hall–Kier alpha value is -6.08. The first-order chi connectivity index (χ1) is 36.8. The zero-order chi connectivity index (χ0) is 57.0. The number of nitrogens with one attached hydrogen (secondary N) is 6. The van der Waals surface area contributed by atoms with Crippen molar-refractivity contribution >= 4 is 71.8 Å². The summed E-state index contributed by atoms with van der Waals surface area (Å²) < 4.78 is 0. The van der Waals surface area contributed by atoms with Gasteiger partial charge >= 0.3 is 0 Å². The standard InChI is InChI=1S/C60H82N8O10.CH4.2ClH/c1-33(61-9)53(73)65-51(59(3,4)5)57(77)67-31-35(24-47(67)55(75)63-45-18-12-14-37-29-41(69)20-22-43(37)45)26-49(71)39-16-11-17-40(28-39)50(72)27-36-25-48(56(76)64-46-19-13-15-38-30-42(70)21-23-44(38)46)68(32-36)58(78)52(60(6,7)8)66-54(74)34(2)62-10;;;/h11,16-17,20-23,28-30,33-36,45-48,51-52,61-62,69-70H,12-15,18-19,24-27,31-32H2,1-10H3,(H,63,75)(H,64,76)(H,65,73)(H,66,74);1H4;2*1H/t33-,34-,35+,36+,45+,46+,47-,48-,51+,52+;;;/m0.../s1. The summed E-state index contributed by atoms with van der Waals surface area (Å²) in [5.41, 5.74) is 2.71. The van der Waals surface area contributed by atoms with Crippen LogP contribution in [-0.4, -0.2) is 130 Å². The molecule has 0 aromatic heterocycles. The van der Waals surface area contributed by atoms with Crippen LogP contribution < -0.4 is 31.9 Å². The number of amides is 6. The summed E-state index contributed by atoms with van der Waals surface area (Å²) in [6, 6.07) is 10.8. The number of fused-ring (bicyclic) bond motifs is 2. The van der Waals surface area contributed by atoms with Gasteiger partial charge in [-0.1, -0.05) is 79.3 Å². The van der Waals surface area contributed by atoms with Crippen molar-refractivity contribution in [2.45, 2.75) is 175 Å². The molecule has 20 heteroatoms. The first-order valence-corrected chi connectivity index (χ1v) is 27.7. The molecule has 0 saturated carbocycles. The quantitative estimate of drug-likeness (QED) is 0.0611. The number of phenols is 2. The summed E-state index contributed by atoms with van der Waals surface area (Å²) in [5, 5.41) is 38.4. The number of benzene rings is 3. The van der Waals surface area contributed by atoms with Crippen molar-refractivity contribution in [3.05, 3.63) is 94.0 Å². The number of carbonyl (C=O) groups is 8. The number of hydrogen-bond acceptors (Lipinski definition) is 12. The molecule has 2 aliphatic heterocycles. The molecule has 0 unspecified atom stereocenters. The molecule has 18 nitrogen and oxygen atoms in total. The molecule has 4 aliphatic rings. The lowest BCUT2D eigenvalue weighted by atomic mass is 9.85. The third-order valence-electron chi connectivity index (χ3n) is 16.4. The number of Topliss-reactive ketones (excluding diaryl/α,β-unsaturated/α-hetero) is 2. The maximum Gasteiger partial charge on any atom is 0.246 e. The van der Waals surface area contributed by atoms with E-state index in [9.17, 15) is 48.6 Å². The SMILES string of the molecule is C.CN[C@@H](C)C(=O)N[C@H](C(=O)N1C[C@@H](CC(=O)c2cccc(C(=O)C[C@H]3C[C@@H](C(=O)N[C@@H]4CCCc5cc(O)ccc54)N(C(=O)[C@@H](NC(=O)[C@H](C)NC)C(C)(C)C)C3)c2)C[C@H]1C(=O)N[C@@H]1CCCc2cc(O)ccc21)C(C)(C)C.Cl.Cl. The van der Waals surface area contributed by atoms with E-state index in [0.717, 1.165) is 47.9 Å². The third-order valence-corrected chi connectivity index (χ3v) is 16.4. The molecule has 2 aliphatic carbocycles. The van der Waals surface area contributed by atoms with Gasteiger partial charge in [0.2, 0.25) is 35.4 Å². The number of halogens is 2. The summed E-state index contributed by atoms with van der Waals surface area (Å²) in [7, 11) is 3.29. The Kier molecular flexibility index (Phi) is 23.5. The Morgan fingerprint density at radius 2 is 0.951 bits per heavy atom. The minimum atomic E-state index is -1.00. The number of hydrogen-bond donors (Lipinski definition) is 8. The molecule has 10 atom stereocenters. The number of aryl methyl sites for hydroxylation is 2. The van der Waals surface area contributed by atoms with Crippen molar-refractivity contribution in [3.8, 4) is 11.5 Å². The molecule has 2 saturated heterocycles. The molecule has 7 rings (SSSR count). The number of phenolic OH excluding ortho intramolecular Hbond substituents is 2. The molecule has 3 aromatic rings. The largest absolute Gasteiger partial charge is 0.508 e. The minimum Gasteiger partial charge on any atom is -0.508 e. The van der Waals surface area contributed by atoms with Gasteiger partial charge < -0.3 is 51.9 Å². The molecular weight excluding hydrogens is 1080 g/mol. The van der Waals surface area contributed by atoms with Crippen LogP contribution in [0.5, 0.6) is 11.5 Å². The predicted octanol–water partition coefficient (Wildman–Crippen LogP) is 6.82. The highest BCUT2D eigenvalue weighted by Gasteiger charge is 2.48. The summed E-state index contributed by atoms with van der Waals surface area (Å²) >= 11 is 0. The average molecular weight is 1160 g/mol. The number of rotatable bonds is 18. The summed E-state index contributed by atoms with van der Waals surface area (Å²) in [6.07, 6.45) is 4.65. The lowest BCUT2D eigenvalue weighted by Gasteiger charge is -2.36. The molecule has 446 valence electrons. The van der Waals surface area contributed by atoms with Gasteiger partial charge in [-0.25, -0.2) is 0 Å². The van der Waals surface area contributed by atoms with E-state index in [0.29, 0.717) is 12.8 Å². The monoisotopic (exact) mass is 1160 g/mol. The molecule has 2 fully saturated rings. The normalized spacial score (nSPS) is 21.9. The lowest BCUT2D eigenvalue weighted by Crippen LogP contribution is -2.59. The van der Waals surface area contributed by atoms with Crippen molar-refractivity contribution in [1.29, 1.82) is 0 Å². The molecule has 81 heavy (non-hydrogen) atoms. The minimum absolute atomic E-state index is 0. The molecule has 0 spiro atoms. The average Bonchev–Trinajstić information content (AvgIpc) is 4.02. The number of ketones is 2. The van der Waals surface area contributed by atoms with Gasteiger partial charge in [-0.3, -0.25) is 38.4 Å². The van der Waals surface area contributed by atoms with Crippen LogP contribution in [0, 0.1) is 22.7 Å². The zero-order valence-electron chi connectivity index (χ0n) is 47.9. The maximum atomic E-state index is 14.7. The van der Waals surface area contributed by atoms with Crippen LogP contribution in [0.4, 0.5) is 0 Å². The van der Waals surface area contributed by atoms with Gasteiger partial charge in [0.15, 0.2) is 11.6 Å². The first-order valence-electron chi connectivity index (χ1n) is 27.7. The Bertz CT molecular complexity index is 2600. The third kappa shape index (κ3) is 16.1. The van der Waals surface area contributed by atoms with Crippen molar-refractivity contribution in [3.63, 3.8) is 0 Å². The summed E-state index contributed by atoms with van der Waals surface area (Å²) in [5.74, 6) is -3.60. The van der Waals surface area contributed by atoms with E-state index in [1.54, 1.807) is 76.5 Å². The van der Waals surface area contributed by atoms with E-state index in [-0.39, 0.29) is 141 Å². The molecule has 2 heterocycles. The molecule has 8 N–H and O–H groups in total. The molecule has 3 aromatic carbocycles. The molecule has 6 amide bonds. The highest BCUT2D eigenvalue weighted by Crippen LogP contribution is 2.37. The molecular formula is C61H88Cl2N8O10. The number of nitrogens with zero attached hydrogens (tertiary/aromatic N) is 2. The van der Waals surface area contributed by atoms with Crippen LogP contribution in [-0.2, 0) is 41.6 Å². The van der Waals surface area contributed by atoms with E-state index in [4.69, 9.17) is 0 Å².